The van der Waals surface area contributed by atoms with E-state index in [0.717, 1.165) is 50.3 Å². The summed E-state index contributed by atoms with van der Waals surface area (Å²) in [5, 5.41) is 2.93. The van der Waals surface area contributed by atoms with Gasteiger partial charge in [0.05, 0.1) is 12.1 Å². The summed E-state index contributed by atoms with van der Waals surface area (Å²) in [5.74, 6) is -0.0113. The van der Waals surface area contributed by atoms with Crippen molar-refractivity contribution in [1.29, 1.82) is 0 Å². The van der Waals surface area contributed by atoms with Gasteiger partial charge in [0.2, 0.25) is 5.91 Å². The Labute approximate surface area is 125 Å². The Balaban J connectivity index is 1.68. The smallest absolute Gasteiger partial charge is 0.225 e. The van der Waals surface area contributed by atoms with E-state index in [2.05, 4.69) is 27.1 Å². The van der Waals surface area contributed by atoms with Crippen molar-refractivity contribution in [3.63, 3.8) is 0 Å². The first-order valence-electron chi connectivity index (χ1n) is 7.39. The van der Waals surface area contributed by atoms with Crippen LogP contribution in [0, 0.1) is 6.92 Å². The first-order valence-corrected chi connectivity index (χ1v) is 7.39. The topological polar surface area (TPSA) is 68.4 Å². The SMILES string of the molecule is Cc1cc(CC(=O)NCCN2CCN(C)CC2)[nH]c1C=O. The van der Waals surface area contributed by atoms with Gasteiger partial charge < -0.3 is 15.2 Å². The summed E-state index contributed by atoms with van der Waals surface area (Å²) in [6, 6.07) is 1.85. The minimum absolute atomic E-state index is 0.0113. The summed E-state index contributed by atoms with van der Waals surface area (Å²) >= 11 is 0. The van der Waals surface area contributed by atoms with Gasteiger partial charge in [-0.15, -0.1) is 0 Å². The average molecular weight is 292 g/mol. The minimum Gasteiger partial charge on any atom is -0.356 e. The van der Waals surface area contributed by atoms with Crippen molar-refractivity contribution in [2.75, 3.05) is 46.3 Å². The van der Waals surface area contributed by atoms with Crippen LogP contribution in [0.25, 0.3) is 0 Å². The Hall–Kier alpha value is -1.66. The van der Waals surface area contributed by atoms with Crippen molar-refractivity contribution in [2.24, 2.45) is 0 Å². The van der Waals surface area contributed by atoms with Crippen LogP contribution < -0.4 is 5.32 Å². The zero-order valence-electron chi connectivity index (χ0n) is 12.8. The molecule has 21 heavy (non-hydrogen) atoms. The number of aryl methyl sites for hydroxylation is 1. The molecule has 2 rings (SSSR count). The molecule has 6 nitrogen and oxygen atoms in total. The number of amides is 1. The van der Waals surface area contributed by atoms with E-state index in [-0.39, 0.29) is 12.3 Å². The molecule has 1 aliphatic heterocycles. The molecule has 1 amide bonds. The fourth-order valence-corrected chi connectivity index (χ4v) is 2.52. The molecule has 1 aromatic heterocycles. The van der Waals surface area contributed by atoms with Crippen LogP contribution in [0.1, 0.15) is 21.7 Å². The second-order valence-corrected chi connectivity index (χ2v) is 5.68. The van der Waals surface area contributed by atoms with E-state index in [9.17, 15) is 9.59 Å². The Morgan fingerprint density at radius 2 is 2.10 bits per heavy atom. The zero-order chi connectivity index (χ0) is 15.2. The van der Waals surface area contributed by atoms with Crippen molar-refractivity contribution in [3.8, 4) is 0 Å². The van der Waals surface area contributed by atoms with Gasteiger partial charge in [-0.3, -0.25) is 14.5 Å². The largest absolute Gasteiger partial charge is 0.356 e. The second kappa shape index (κ2) is 7.38. The molecule has 1 aromatic rings. The van der Waals surface area contributed by atoms with E-state index in [0.29, 0.717) is 12.2 Å². The van der Waals surface area contributed by atoms with Crippen molar-refractivity contribution >= 4 is 12.2 Å². The molecule has 2 heterocycles. The molecular weight excluding hydrogens is 268 g/mol. The van der Waals surface area contributed by atoms with Crippen LogP contribution in [-0.2, 0) is 11.2 Å². The van der Waals surface area contributed by atoms with Crippen LogP contribution in [0.15, 0.2) is 6.07 Å². The third kappa shape index (κ3) is 4.68. The quantitative estimate of drug-likeness (QED) is 0.727. The number of piperazine rings is 1. The second-order valence-electron chi connectivity index (χ2n) is 5.68. The molecule has 0 aliphatic carbocycles. The van der Waals surface area contributed by atoms with Gasteiger partial charge >= 0.3 is 0 Å². The number of rotatable bonds is 6. The van der Waals surface area contributed by atoms with Crippen LogP contribution in [-0.4, -0.2) is 73.3 Å². The standard InChI is InChI=1S/C15H24N4O2/c1-12-9-13(17-14(12)11-20)10-15(21)16-3-4-19-7-5-18(2)6-8-19/h9,11,17H,3-8,10H2,1-2H3,(H,16,21). The number of carbonyl (C=O) groups excluding carboxylic acids is 2. The first kappa shape index (κ1) is 15.7. The summed E-state index contributed by atoms with van der Waals surface area (Å²) in [6.07, 6.45) is 1.07. The molecule has 0 bridgehead atoms. The lowest BCUT2D eigenvalue weighted by Gasteiger charge is -2.32. The lowest BCUT2D eigenvalue weighted by Crippen LogP contribution is -2.47. The van der Waals surface area contributed by atoms with Crippen molar-refractivity contribution in [2.45, 2.75) is 13.3 Å². The van der Waals surface area contributed by atoms with Gasteiger partial charge in [-0.25, -0.2) is 0 Å². The normalized spacial score (nSPS) is 16.9. The van der Waals surface area contributed by atoms with Gasteiger partial charge in [0.1, 0.15) is 0 Å². The number of aldehydes is 1. The fraction of sp³-hybridized carbons (Fsp3) is 0.600. The monoisotopic (exact) mass is 292 g/mol. The number of aromatic nitrogens is 1. The highest BCUT2D eigenvalue weighted by molar-refractivity contribution is 5.79. The molecule has 0 radical (unpaired) electrons. The van der Waals surface area contributed by atoms with Crippen molar-refractivity contribution < 1.29 is 9.59 Å². The lowest BCUT2D eigenvalue weighted by atomic mass is 10.2. The summed E-state index contributed by atoms with van der Waals surface area (Å²) in [6.45, 7) is 7.71. The first-order chi connectivity index (χ1) is 10.1. The highest BCUT2D eigenvalue weighted by Crippen LogP contribution is 2.08. The van der Waals surface area contributed by atoms with E-state index in [4.69, 9.17) is 0 Å². The van der Waals surface area contributed by atoms with E-state index < -0.39 is 0 Å². The molecule has 1 saturated heterocycles. The van der Waals surface area contributed by atoms with Crippen molar-refractivity contribution in [1.82, 2.24) is 20.1 Å². The predicted octanol–water partition coefficient (Wildman–Crippen LogP) is 0.0417. The van der Waals surface area contributed by atoms with Gasteiger partial charge in [0.25, 0.3) is 0 Å². The Kier molecular flexibility index (Phi) is 5.52. The van der Waals surface area contributed by atoms with E-state index in [1.54, 1.807) is 0 Å². The number of hydrogen-bond donors (Lipinski definition) is 2. The number of nitrogens with zero attached hydrogens (tertiary/aromatic N) is 2. The lowest BCUT2D eigenvalue weighted by molar-refractivity contribution is -0.120. The van der Waals surface area contributed by atoms with Crippen LogP contribution in [0.2, 0.25) is 0 Å². The molecule has 116 valence electrons. The molecule has 0 saturated carbocycles. The Morgan fingerprint density at radius 3 is 2.71 bits per heavy atom. The number of likely N-dealkylation sites (N-methyl/N-ethyl adjacent to an activating group) is 1. The van der Waals surface area contributed by atoms with E-state index in [1.165, 1.54) is 0 Å². The molecular formula is C15H24N4O2. The van der Waals surface area contributed by atoms with E-state index in [1.807, 2.05) is 13.0 Å². The van der Waals surface area contributed by atoms with Gasteiger partial charge in [-0.1, -0.05) is 0 Å². The number of H-pyrrole nitrogens is 1. The number of aromatic amines is 1. The molecule has 6 heteroatoms. The maximum atomic E-state index is 11.9. The fourth-order valence-electron chi connectivity index (χ4n) is 2.52. The third-order valence-corrected chi connectivity index (χ3v) is 3.93. The highest BCUT2D eigenvalue weighted by Gasteiger charge is 2.13. The molecule has 2 N–H and O–H groups in total. The maximum Gasteiger partial charge on any atom is 0.225 e. The van der Waals surface area contributed by atoms with Crippen LogP contribution >= 0.6 is 0 Å². The van der Waals surface area contributed by atoms with Crippen LogP contribution in [0.5, 0.6) is 0 Å². The van der Waals surface area contributed by atoms with Gasteiger partial charge in [-0.2, -0.15) is 0 Å². The van der Waals surface area contributed by atoms with Crippen LogP contribution in [0.3, 0.4) is 0 Å². The molecule has 0 aromatic carbocycles. The minimum atomic E-state index is -0.0113. The Bertz CT molecular complexity index is 490. The highest BCUT2D eigenvalue weighted by atomic mass is 16.1. The van der Waals surface area contributed by atoms with Gasteiger partial charge in [-0.05, 0) is 25.6 Å². The number of nitrogens with one attached hydrogen (secondary N) is 2. The molecule has 1 aliphatic rings. The van der Waals surface area contributed by atoms with Gasteiger partial charge in [0.15, 0.2) is 6.29 Å². The Morgan fingerprint density at radius 1 is 1.38 bits per heavy atom. The molecule has 0 spiro atoms. The molecule has 0 atom stereocenters. The predicted molar refractivity (Wildman–Crippen MR) is 81.6 cm³/mol. The summed E-state index contributed by atoms with van der Waals surface area (Å²) < 4.78 is 0. The van der Waals surface area contributed by atoms with E-state index >= 15 is 0 Å². The molecule has 0 unspecified atom stereocenters. The third-order valence-electron chi connectivity index (χ3n) is 3.93. The molecule has 1 fully saturated rings. The maximum absolute atomic E-state index is 11.9. The number of carbonyl (C=O) groups is 2. The van der Waals surface area contributed by atoms with Gasteiger partial charge in [0, 0.05) is 45.0 Å². The zero-order valence-corrected chi connectivity index (χ0v) is 12.8. The number of hydrogen-bond acceptors (Lipinski definition) is 4. The summed E-state index contributed by atoms with van der Waals surface area (Å²) in [4.78, 5) is 30.3. The summed E-state index contributed by atoms with van der Waals surface area (Å²) in [7, 11) is 2.13. The van der Waals surface area contributed by atoms with Crippen molar-refractivity contribution in [3.05, 3.63) is 23.0 Å². The summed E-state index contributed by atoms with van der Waals surface area (Å²) in [5.41, 5.74) is 2.21. The van der Waals surface area contributed by atoms with Crippen LogP contribution in [0.4, 0.5) is 0 Å². The average Bonchev–Trinajstić information content (AvgIpc) is 2.81.